The summed E-state index contributed by atoms with van der Waals surface area (Å²) in [6.07, 6.45) is 0. The number of rotatable bonds is 2. The Balaban J connectivity index is 2.10. The van der Waals surface area contributed by atoms with E-state index < -0.39 is 0 Å². The van der Waals surface area contributed by atoms with Crippen LogP contribution < -0.4 is 9.47 Å². The molecule has 2 aromatic carbocycles. The lowest BCUT2D eigenvalue weighted by Gasteiger charge is -2.22. The lowest BCUT2D eigenvalue weighted by Crippen LogP contribution is -2.06. The Morgan fingerprint density at radius 3 is 1.59 bits per heavy atom. The molecular formula is C20H20O2. The lowest BCUT2D eigenvalue weighted by atomic mass is 9.85. The van der Waals surface area contributed by atoms with Crippen LogP contribution in [-0.2, 0) is 0 Å². The third kappa shape index (κ3) is 1.50. The van der Waals surface area contributed by atoms with E-state index >= 15 is 0 Å². The molecule has 0 fully saturated rings. The van der Waals surface area contributed by atoms with E-state index in [1.54, 1.807) is 14.2 Å². The van der Waals surface area contributed by atoms with Crippen LogP contribution in [0.25, 0.3) is 0 Å². The highest BCUT2D eigenvalue weighted by atomic mass is 16.5. The molecule has 0 amide bonds. The number of fused-ring (bicyclic) bond motifs is 8. The van der Waals surface area contributed by atoms with E-state index in [-0.39, 0.29) is 0 Å². The SMILES string of the molecule is COc1ccc(OC)c2c1[C@@H]1C(=C(C)C)[C@@H]2c2ccccc21. The third-order valence-electron chi connectivity index (χ3n) is 5.04. The van der Waals surface area contributed by atoms with Crippen molar-refractivity contribution in [1.82, 2.24) is 0 Å². The van der Waals surface area contributed by atoms with Gasteiger partial charge in [-0.1, -0.05) is 29.8 Å². The summed E-state index contributed by atoms with van der Waals surface area (Å²) in [6, 6.07) is 12.8. The molecule has 2 nitrogen and oxygen atoms in total. The van der Waals surface area contributed by atoms with Crippen molar-refractivity contribution in [3.05, 3.63) is 69.8 Å². The van der Waals surface area contributed by atoms with Crippen LogP contribution in [0.2, 0.25) is 0 Å². The van der Waals surface area contributed by atoms with Gasteiger partial charge in [0.1, 0.15) is 11.5 Å². The summed E-state index contributed by atoms with van der Waals surface area (Å²) >= 11 is 0. The molecule has 0 unspecified atom stereocenters. The number of ether oxygens (including phenoxy) is 2. The Labute approximate surface area is 131 Å². The Bertz CT molecular complexity index is 737. The highest BCUT2D eigenvalue weighted by Gasteiger charge is 2.49. The Morgan fingerprint density at radius 1 is 0.773 bits per heavy atom. The average molecular weight is 292 g/mol. The molecule has 22 heavy (non-hydrogen) atoms. The van der Waals surface area contributed by atoms with Crippen molar-refractivity contribution in [3.8, 4) is 11.5 Å². The molecule has 0 aliphatic heterocycles. The standard InChI is InChI=1S/C20H20O2/c1-11(2)16-17-12-7-5-6-8-13(12)18(16)20-15(22-4)10-9-14(21-3)19(17)20/h5-10,17-18H,1-4H3/t17-,18-/m0/s1. The van der Waals surface area contributed by atoms with Gasteiger partial charge in [-0.05, 0) is 42.7 Å². The molecule has 2 heteroatoms. The van der Waals surface area contributed by atoms with Crippen LogP contribution in [0.1, 0.15) is 47.9 Å². The average Bonchev–Trinajstić information content (AvgIpc) is 3.06. The number of methoxy groups -OCH3 is 2. The summed E-state index contributed by atoms with van der Waals surface area (Å²) in [5, 5.41) is 0. The van der Waals surface area contributed by atoms with Crippen molar-refractivity contribution in [2.24, 2.45) is 0 Å². The first-order valence-corrected chi connectivity index (χ1v) is 7.69. The molecule has 112 valence electrons. The van der Waals surface area contributed by atoms with Gasteiger partial charge >= 0.3 is 0 Å². The largest absolute Gasteiger partial charge is 0.496 e. The Hall–Kier alpha value is -2.22. The van der Waals surface area contributed by atoms with Gasteiger partial charge in [-0.15, -0.1) is 0 Å². The van der Waals surface area contributed by atoms with Gasteiger partial charge in [0.25, 0.3) is 0 Å². The summed E-state index contributed by atoms with van der Waals surface area (Å²) in [5.41, 5.74) is 8.32. The van der Waals surface area contributed by atoms with E-state index in [1.165, 1.54) is 33.4 Å². The molecule has 0 saturated carbocycles. The van der Waals surface area contributed by atoms with Gasteiger partial charge in [-0.3, -0.25) is 0 Å². The maximum absolute atomic E-state index is 5.67. The Morgan fingerprint density at radius 2 is 1.23 bits per heavy atom. The molecule has 2 bridgehead atoms. The topological polar surface area (TPSA) is 18.5 Å². The van der Waals surface area contributed by atoms with Gasteiger partial charge in [0.2, 0.25) is 0 Å². The number of allylic oxidation sites excluding steroid dienone is 2. The fraction of sp³-hybridized carbons (Fsp3) is 0.300. The second-order valence-electron chi connectivity index (χ2n) is 6.25. The first-order valence-electron chi connectivity index (χ1n) is 7.69. The molecule has 0 radical (unpaired) electrons. The zero-order valence-corrected chi connectivity index (χ0v) is 13.4. The van der Waals surface area contributed by atoms with E-state index in [9.17, 15) is 0 Å². The zero-order valence-electron chi connectivity index (χ0n) is 13.4. The van der Waals surface area contributed by atoms with Crippen molar-refractivity contribution >= 4 is 0 Å². The first kappa shape index (κ1) is 13.4. The van der Waals surface area contributed by atoms with Crippen molar-refractivity contribution in [2.75, 3.05) is 14.2 Å². The van der Waals surface area contributed by atoms with Crippen LogP contribution >= 0.6 is 0 Å². The van der Waals surface area contributed by atoms with Crippen LogP contribution in [-0.4, -0.2) is 14.2 Å². The third-order valence-corrected chi connectivity index (χ3v) is 5.04. The molecule has 0 N–H and O–H groups in total. The van der Waals surface area contributed by atoms with Crippen LogP contribution in [0, 0.1) is 0 Å². The van der Waals surface area contributed by atoms with Gasteiger partial charge in [0.05, 0.1) is 14.2 Å². The number of benzene rings is 2. The fourth-order valence-electron chi connectivity index (χ4n) is 4.29. The van der Waals surface area contributed by atoms with E-state index in [4.69, 9.17) is 9.47 Å². The van der Waals surface area contributed by atoms with Crippen molar-refractivity contribution in [1.29, 1.82) is 0 Å². The molecule has 0 spiro atoms. The van der Waals surface area contributed by atoms with Crippen LogP contribution in [0.5, 0.6) is 11.5 Å². The molecule has 0 heterocycles. The maximum Gasteiger partial charge on any atom is 0.123 e. The summed E-state index contributed by atoms with van der Waals surface area (Å²) in [5.74, 6) is 2.56. The van der Waals surface area contributed by atoms with Gasteiger partial charge < -0.3 is 9.47 Å². The normalized spacial score (nSPS) is 20.6. The number of hydrogen-bond donors (Lipinski definition) is 0. The first-order chi connectivity index (χ1) is 10.7. The number of hydrogen-bond acceptors (Lipinski definition) is 2. The maximum atomic E-state index is 5.67. The van der Waals surface area contributed by atoms with Gasteiger partial charge in [0, 0.05) is 23.0 Å². The highest BCUT2D eigenvalue weighted by Crippen LogP contribution is 2.64. The molecule has 2 aromatic rings. The van der Waals surface area contributed by atoms with Gasteiger partial charge in [0.15, 0.2) is 0 Å². The predicted octanol–water partition coefficient (Wildman–Crippen LogP) is 4.63. The van der Waals surface area contributed by atoms with Crippen molar-refractivity contribution in [3.63, 3.8) is 0 Å². The minimum atomic E-state index is 0.311. The molecule has 2 atom stereocenters. The minimum absolute atomic E-state index is 0.311. The zero-order chi connectivity index (χ0) is 15.4. The van der Waals surface area contributed by atoms with E-state index in [1.807, 2.05) is 12.1 Å². The molecule has 0 aromatic heterocycles. The fourth-order valence-corrected chi connectivity index (χ4v) is 4.29. The molecular weight excluding hydrogens is 272 g/mol. The molecule has 2 aliphatic rings. The molecule has 0 saturated heterocycles. The monoisotopic (exact) mass is 292 g/mol. The summed E-state index contributed by atoms with van der Waals surface area (Å²) < 4.78 is 11.3. The summed E-state index contributed by atoms with van der Waals surface area (Å²) in [7, 11) is 3.50. The Kier molecular flexibility index (Phi) is 2.83. The second-order valence-corrected chi connectivity index (χ2v) is 6.25. The van der Waals surface area contributed by atoms with E-state index in [0.717, 1.165) is 11.5 Å². The molecule has 2 aliphatic carbocycles. The van der Waals surface area contributed by atoms with Crippen molar-refractivity contribution in [2.45, 2.75) is 25.7 Å². The minimum Gasteiger partial charge on any atom is -0.496 e. The predicted molar refractivity (Wildman–Crippen MR) is 88.0 cm³/mol. The van der Waals surface area contributed by atoms with Crippen LogP contribution in [0.3, 0.4) is 0 Å². The summed E-state index contributed by atoms with van der Waals surface area (Å²) in [4.78, 5) is 0. The second kappa shape index (κ2) is 4.64. The van der Waals surface area contributed by atoms with E-state index in [2.05, 4.69) is 38.1 Å². The quantitative estimate of drug-likeness (QED) is 0.751. The van der Waals surface area contributed by atoms with E-state index in [0.29, 0.717) is 11.8 Å². The van der Waals surface area contributed by atoms with Crippen LogP contribution in [0.4, 0.5) is 0 Å². The van der Waals surface area contributed by atoms with Crippen molar-refractivity contribution < 1.29 is 9.47 Å². The molecule has 4 rings (SSSR count). The van der Waals surface area contributed by atoms with Gasteiger partial charge in [-0.2, -0.15) is 0 Å². The smallest absolute Gasteiger partial charge is 0.123 e. The van der Waals surface area contributed by atoms with Gasteiger partial charge in [-0.25, -0.2) is 0 Å². The lowest BCUT2D eigenvalue weighted by molar-refractivity contribution is 0.395. The highest BCUT2D eigenvalue weighted by molar-refractivity contribution is 5.74. The van der Waals surface area contributed by atoms with Crippen LogP contribution in [0.15, 0.2) is 47.5 Å². The summed E-state index contributed by atoms with van der Waals surface area (Å²) in [6.45, 7) is 4.43.